The highest BCUT2D eigenvalue weighted by atomic mass is 15.1. The van der Waals surface area contributed by atoms with Gasteiger partial charge in [0.05, 0.1) is 16.4 Å². The van der Waals surface area contributed by atoms with E-state index >= 15 is 0 Å². The predicted octanol–water partition coefficient (Wildman–Crippen LogP) is 18.3. The molecule has 0 saturated carbocycles. The van der Waals surface area contributed by atoms with Crippen molar-refractivity contribution in [3.63, 3.8) is 0 Å². The molecular weight excluding hydrogens is 857 g/mol. The van der Waals surface area contributed by atoms with Crippen molar-refractivity contribution >= 4 is 60.4 Å². The standard InChI is InChI=1S/C69H46N2/c1-5-18-47(19-6-1)51-23-17-30-57(43-51)70(59-37-41-63-64-39-34-49-21-15-16-31-60(49)68(64)71(67(63)46-59)56-28-11-4-12-29-56)58-36-40-62-61-38-35-53(52-33-32-48-20-13-14-22-50(48)42-52)44-65(61)69(66(62)45-58,54-24-7-2-8-25-54)55-26-9-3-10-27-55/h1-46H. The first kappa shape index (κ1) is 40.8. The van der Waals surface area contributed by atoms with Gasteiger partial charge in [0, 0.05) is 38.9 Å². The highest BCUT2D eigenvalue weighted by Gasteiger charge is 2.46. The van der Waals surface area contributed by atoms with Crippen LogP contribution in [0.5, 0.6) is 0 Å². The molecule has 0 radical (unpaired) electrons. The number of benzene rings is 12. The summed E-state index contributed by atoms with van der Waals surface area (Å²) >= 11 is 0. The first-order valence-electron chi connectivity index (χ1n) is 24.6. The molecule has 0 fully saturated rings. The molecule has 0 saturated heterocycles. The zero-order valence-corrected chi connectivity index (χ0v) is 39.0. The van der Waals surface area contributed by atoms with Crippen LogP contribution in [0.15, 0.2) is 279 Å². The fourth-order valence-corrected chi connectivity index (χ4v) is 11.8. The van der Waals surface area contributed by atoms with Gasteiger partial charge in [-0.05, 0) is 132 Å². The Morgan fingerprint density at radius 3 is 1.58 bits per heavy atom. The van der Waals surface area contributed by atoms with Crippen molar-refractivity contribution in [3.05, 3.63) is 301 Å². The maximum absolute atomic E-state index is 2.49. The van der Waals surface area contributed by atoms with E-state index < -0.39 is 5.41 Å². The lowest BCUT2D eigenvalue weighted by Gasteiger charge is -2.35. The number of hydrogen-bond donors (Lipinski definition) is 0. The molecule has 1 aromatic heterocycles. The summed E-state index contributed by atoms with van der Waals surface area (Å²) in [5.41, 5.74) is 18.4. The fraction of sp³-hybridized carbons (Fsp3) is 0.0145. The van der Waals surface area contributed by atoms with Crippen LogP contribution in [-0.4, -0.2) is 4.57 Å². The van der Waals surface area contributed by atoms with Gasteiger partial charge in [0.2, 0.25) is 0 Å². The lowest BCUT2D eigenvalue weighted by atomic mass is 9.67. The molecule has 71 heavy (non-hydrogen) atoms. The van der Waals surface area contributed by atoms with Crippen LogP contribution in [0.25, 0.3) is 82.4 Å². The van der Waals surface area contributed by atoms with Crippen LogP contribution in [0.4, 0.5) is 17.1 Å². The molecule has 13 aromatic rings. The second-order valence-electron chi connectivity index (χ2n) is 18.8. The van der Waals surface area contributed by atoms with Gasteiger partial charge in [0.1, 0.15) is 0 Å². The van der Waals surface area contributed by atoms with E-state index in [1.807, 2.05) is 0 Å². The van der Waals surface area contributed by atoms with Crippen LogP contribution in [-0.2, 0) is 5.41 Å². The van der Waals surface area contributed by atoms with Gasteiger partial charge in [0.15, 0.2) is 0 Å². The molecular formula is C69H46N2. The van der Waals surface area contributed by atoms with Crippen LogP contribution >= 0.6 is 0 Å². The number of anilines is 3. The molecule has 2 nitrogen and oxygen atoms in total. The largest absolute Gasteiger partial charge is 0.310 e. The Morgan fingerprint density at radius 2 is 0.817 bits per heavy atom. The Labute approximate surface area is 413 Å². The Bertz CT molecular complexity index is 4110. The number of hydrogen-bond acceptors (Lipinski definition) is 1. The summed E-state index contributed by atoms with van der Waals surface area (Å²) in [6.07, 6.45) is 0. The third-order valence-corrected chi connectivity index (χ3v) is 15.0. The van der Waals surface area contributed by atoms with Crippen molar-refractivity contribution in [2.45, 2.75) is 5.41 Å². The molecule has 0 amide bonds. The zero-order valence-electron chi connectivity index (χ0n) is 39.0. The van der Waals surface area contributed by atoms with Gasteiger partial charge in [-0.25, -0.2) is 0 Å². The molecule has 0 bridgehead atoms. The monoisotopic (exact) mass is 902 g/mol. The van der Waals surface area contributed by atoms with E-state index in [-0.39, 0.29) is 0 Å². The SMILES string of the molecule is c1ccc(-c2cccc(N(c3ccc4c(c3)C(c3ccccc3)(c3ccccc3)c3cc(-c5ccc6ccccc6c5)ccc3-4)c3ccc4c5ccc6ccccc6c5n(-c5ccccc5)c4c3)c2)cc1. The minimum atomic E-state index is -0.627. The van der Waals surface area contributed by atoms with Gasteiger partial charge in [0.25, 0.3) is 0 Å². The van der Waals surface area contributed by atoms with E-state index in [0.29, 0.717) is 0 Å². The topological polar surface area (TPSA) is 8.17 Å². The van der Waals surface area contributed by atoms with Crippen molar-refractivity contribution in [1.82, 2.24) is 4.57 Å². The smallest absolute Gasteiger partial charge is 0.0714 e. The summed E-state index contributed by atoms with van der Waals surface area (Å²) in [6.45, 7) is 0. The maximum Gasteiger partial charge on any atom is 0.0714 e. The number of nitrogens with zero attached hydrogens (tertiary/aromatic N) is 2. The highest BCUT2D eigenvalue weighted by molar-refractivity contribution is 6.19. The summed E-state index contributed by atoms with van der Waals surface area (Å²) < 4.78 is 2.47. The maximum atomic E-state index is 2.49. The Kier molecular flexibility index (Phi) is 9.47. The molecule has 2 heteroatoms. The van der Waals surface area contributed by atoms with Gasteiger partial charge >= 0.3 is 0 Å². The van der Waals surface area contributed by atoms with Crippen molar-refractivity contribution in [2.24, 2.45) is 0 Å². The summed E-state index contributed by atoms with van der Waals surface area (Å²) in [6, 6.07) is 103. The highest BCUT2D eigenvalue weighted by Crippen LogP contribution is 2.58. The van der Waals surface area contributed by atoms with Crippen molar-refractivity contribution in [2.75, 3.05) is 4.90 Å². The average Bonchev–Trinajstić information content (AvgIpc) is 3.95. The van der Waals surface area contributed by atoms with Gasteiger partial charge in [-0.1, -0.05) is 218 Å². The fourth-order valence-electron chi connectivity index (χ4n) is 11.8. The van der Waals surface area contributed by atoms with Gasteiger partial charge in [-0.15, -0.1) is 0 Å². The Balaban J connectivity index is 1.04. The minimum absolute atomic E-state index is 0.627. The molecule has 0 aliphatic heterocycles. The Morgan fingerprint density at radius 1 is 0.296 bits per heavy atom. The van der Waals surface area contributed by atoms with E-state index in [1.54, 1.807) is 0 Å². The predicted molar refractivity (Wildman–Crippen MR) is 299 cm³/mol. The van der Waals surface area contributed by atoms with Crippen LogP contribution in [0.2, 0.25) is 0 Å². The van der Waals surface area contributed by atoms with Crippen LogP contribution < -0.4 is 4.90 Å². The summed E-state index contributed by atoms with van der Waals surface area (Å²) in [5.74, 6) is 0. The van der Waals surface area contributed by atoms with Crippen molar-refractivity contribution < 1.29 is 0 Å². The van der Waals surface area contributed by atoms with E-state index in [2.05, 4.69) is 289 Å². The third-order valence-electron chi connectivity index (χ3n) is 15.0. The molecule has 12 aromatic carbocycles. The van der Waals surface area contributed by atoms with Gasteiger partial charge < -0.3 is 9.47 Å². The van der Waals surface area contributed by atoms with Crippen molar-refractivity contribution in [1.29, 1.82) is 0 Å². The van der Waals surface area contributed by atoms with E-state index in [1.165, 1.54) is 87.9 Å². The molecule has 0 N–H and O–H groups in total. The first-order chi connectivity index (χ1) is 35.2. The summed E-state index contributed by atoms with van der Waals surface area (Å²) in [7, 11) is 0. The zero-order chi connectivity index (χ0) is 46.9. The second kappa shape index (κ2) is 16.5. The van der Waals surface area contributed by atoms with E-state index in [4.69, 9.17) is 0 Å². The minimum Gasteiger partial charge on any atom is -0.310 e. The molecule has 1 aliphatic carbocycles. The third kappa shape index (κ3) is 6.49. The van der Waals surface area contributed by atoms with E-state index in [9.17, 15) is 0 Å². The molecule has 1 heterocycles. The van der Waals surface area contributed by atoms with Crippen molar-refractivity contribution in [3.8, 4) is 39.1 Å². The summed E-state index contributed by atoms with van der Waals surface area (Å²) in [5, 5.41) is 7.40. The first-order valence-corrected chi connectivity index (χ1v) is 24.6. The van der Waals surface area contributed by atoms with Gasteiger partial charge in [-0.2, -0.15) is 0 Å². The molecule has 332 valence electrons. The van der Waals surface area contributed by atoms with Crippen LogP contribution in [0.1, 0.15) is 22.3 Å². The Hall–Kier alpha value is -9.24. The van der Waals surface area contributed by atoms with E-state index in [0.717, 1.165) is 33.8 Å². The quantitative estimate of drug-likeness (QED) is 0.147. The molecule has 0 unspecified atom stereocenters. The normalized spacial score (nSPS) is 12.6. The molecule has 0 spiro atoms. The number of rotatable bonds is 8. The molecule has 0 atom stereocenters. The lowest BCUT2D eigenvalue weighted by Crippen LogP contribution is -2.28. The molecule has 14 rings (SSSR count). The average molecular weight is 903 g/mol. The second-order valence-corrected chi connectivity index (χ2v) is 18.8. The van der Waals surface area contributed by atoms with Gasteiger partial charge in [-0.3, -0.25) is 0 Å². The summed E-state index contributed by atoms with van der Waals surface area (Å²) in [4.78, 5) is 2.47. The lowest BCUT2D eigenvalue weighted by molar-refractivity contribution is 0.768. The number of para-hydroxylation sites is 1. The number of fused-ring (bicyclic) bond motifs is 9. The number of aromatic nitrogens is 1. The molecule has 1 aliphatic rings. The van der Waals surface area contributed by atoms with Crippen LogP contribution in [0, 0.1) is 0 Å². The van der Waals surface area contributed by atoms with Crippen LogP contribution in [0.3, 0.4) is 0 Å².